The molecule has 5 heterocycles. The molecule has 22 heteroatoms. The van der Waals surface area contributed by atoms with Gasteiger partial charge in [0, 0.05) is 39.6 Å². The Bertz CT molecular complexity index is 1980. The smallest absolute Gasteiger partial charge is 0.303 e. The number of aromatic nitrogens is 8. The van der Waals surface area contributed by atoms with E-state index in [1.165, 1.54) is 55.0 Å². The summed E-state index contributed by atoms with van der Waals surface area (Å²) in [5.41, 5.74) is -0.874. The summed E-state index contributed by atoms with van der Waals surface area (Å²) < 4.78 is 73.7. The highest BCUT2D eigenvalue weighted by atomic mass is 32.2. The molecule has 18 nitrogen and oxygen atoms in total. The molecule has 0 aliphatic carbocycles. The van der Waals surface area contributed by atoms with Crippen LogP contribution in [0.3, 0.4) is 0 Å². The maximum Gasteiger partial charge on any atom is 0.303 e. The molecule has 2 fully saturated rings. The molecule has 8 unspecified atom stereocenters. The summed E-state index contributed by atoms with van der Waals surface area (Å²) in [5.74, 6) is -5.75. The summed E-state index contributed by atoms with van der Waals surface area (Å²) in [6.07, 6.45) is -0.148. The second-order valence-electron chi connectivity index (χ2n) is 12.2. The lowest BCUT2D eigenvalue weighted by atomic mass is 9.96. The zero-order valence-corrected chi connectivity index (χ0v) is 29.9. The van der Waals surface area contributed by atoms with E-state index in [0.29, 0.717) is 0 Å². The highest BCUT2D eigenvalue weighted by Crippen LogP contribution is 2.42. The summed E-state index contributed by atoms with van der Waals surface area (Å²) in [6, 6.07) is 1.24. The average molecular weight is 778 g/mol. The molecule has 288 valence electrons. The van der Waals surface area contributed by atoms with Gasteiger partial charge in [0.2, 0.25) is 5.91 Å². The molecule has 2 saturated heterocycles. The third kappa shape index (κ3) is 8.51. The van der Waals surface area contributed by atoms with Crippen LogP contribution in [-0.2, 0) is 38.1 Å². The number of anilines is 1. The van der Waals surface area contributed by atoms with Gasteiger partial charge < -0.3 is 34.1 Å². The van der Waals surface area contributed by atoms with Crippen molar-refractivity contribution in [2.45, 2.75) is 68.0 Å². The Labute approximate surface area is 308 Å². The first kappa shape index (κ1) is 38.7. The van der Waals surface area contributed by atoms with Crippen molar-refractivity contribution in [2.24, 2.45) is 0 Å². The number of thioether (sulfide) groups is 1. The van der Waals surface area contributed by atoms with Gasteiger partial charge in [-0.25, -0.2) is 32.5 Å². The van der Waals surface area contributed by atoms with Gasteiger partial charge in [-0.2, -0.15) is 0 Å². The van der Waals surface area contributed by atoms with Crippen molar-refractivity contribution in [3.63, 3.8) is 0 Å². The van der Waals surface area contributed by atoms with Crippen LogP contribution >= 0.6 is 11.8 Å². The highest BCUT2D eigenvalue weighted by molar-refractivity contribution is 8.00. The van der Waals surface area contributed by atoms with E-state index in [0.717, 1.165) is 30.8 Å². The molecule has 0 spiro atoms. The van der Waals surface area contributed by atoms with Gasteiger partial charge in [0.15, 0.2) is 29.4 Å². The highest BCUT2D eigenvalue weighted by Gasteiger charge is 2.52. The number of rotatable bonds is 11. The molecule has 1 amide bonds. The van der Waals surface area contributed by atoms with Crippen LogP contribution in [0.15, 0.2) is 36.8 Å². The Morgan fingerprint density at radius 2 is 1.70 bits per heavy atom. The number of nitrogens with zero attached hydrogens (tertiary/aromatic N) is 8. The predicted molar refractivity (Wildman–Crippen MR) is 179 cm³/mol. The van der Waals surface area contributed by atoms with Crippen LogP contribution < -0.4 is 5.32 Å². The summed E-state index contributed by atoms with van der Waals surface area (Å²) in [5, 5.41) is 30.0. The summed E-state index contributed by atoms with van der Waals surface area (Å²) in [7, 11) is 1.37. The fraction of sp³-hybridized carbons (Fsp3) is 0.469. The topological polar surface area (TPSA) is 217 Å². The number of amides is 1. The van der Waals surface area contributed by atoms with Crippen LogP contribution in [-0.4, -0.2) is 125 Å². The predicted octanol–water partition coefficient (Wildman–Crippen LogP) is 1.88. The van der Waals surface area contributed by atoms with Gasteiger partial charge in [0.05, 0.1) is 37.0 Å². The van der Waals surface area contributed by atoms with Crippen molar-refractivity contribution in [3.8, 4) is 22.8 Å². The van der Waals surface area contributed by atoms with E-state index in [1.807, 2.05) is 0 Å². The van der Waals surface area contributed by atoms with E-state index in [9.17, 15) is 32.7 Å². The molecule has 4 aromatic rings. The number of halogens is 3. The number of aliphatic hydroxyl groups excluding tert-OH is 1. The van der Waals surface area contributed by atoms with Gasteiger partial charge in [-0.1, -0.05) is 10.4 Å². The lowest BCUT2D eigenvalue weighted by Gasteiger charge is -2.46. The van der Waals surface area contributed by atoms with Crippen LogP contribution in [0.25, 0.3) is 22.8 Å². The lowest BCUT2D eigenvalue weighted by molar-refractivity contribution is -0.208. The van der Waals surface area contributed by atoms with Gasteiger partial charge in [0.25, 0.3) is 0 Å². The first-order valence-electron chi connectivity index (χ1n) is 16.3. The number of carbonyl (C=O) groups excluding carboxylic acids is 3. The minimum Gasteiger partial charge on any atom is -0.463 e. The van der Waals surface area contributed by atoms with Crippen molar-refractivity contribution in [3.05, 3.63) is 54.2 Å². The number of aliphatic hydroxyl groups is 1. The van der Waals surface area contributed by atoms with Crippen LogP contribution in [0.5, 0.6) is 0 Å². The van der Waals surface area contributed by atoms with Gasteiger partial charge in [-0.15, -0.1) is 22.0 Å². The van der Waals surface area contributed by atoms with E-state index in [2.05, 4.69) is 35.9 Å². The normalized spacial score (nSPS) is 25.6. The van der Waals surface area contributed by atoms with E-state index in [-0.39, 0.29) is 54.3 Å². The van der Waals surface area contributed by atoms with Crippen molar-refractivity contribution in [1.29, 1.82) is 0 Å². The Morgan fingerprint density at radius 3 is 2.39 bits per heavy atom. The molecule has 1 aromatic carbocycles. The molecule has 8 atom stereocenters. The number of nitrogens with one attached hydrogen (secondary N) is 1. The molecule has 54 heavy (non-hydrogen) atoms. The molecule has 0 radical (unpaired) electrons. The Kier molecular flexibility index (Phi) is 11.9. The van der Waals surface area contributed by atoms with Crippen LogP contribution in [0.1, 0.15) is 32.9 Å². The summed E-state index contributed by atoms with van der Waals surface area (Å²) in [4.78, 5) is 44.2. The van der Waals surface area contributed by atoms with Crippen molar-refractivity contribution in [1.82, 2.24) is 40.0 Å². The van der Waals surface area contributed by atoms with Crippen molar-refractivity contribution in [2.75, 3.05) is 32.2 Å². The standard InChI is InChI=1S/C32H34F3N9O9S/c1-14(45)37-25-5-6-36-31(38-25)21-10-43(41-40-21)22-11-50-13-24(28(22)48)54-32-30(49-4)27(29(52-16(3)47)23(53-32)12-51-15(2)46)44-9-20(39-42-44)17-7-18(33)26(35)19(34)8-17/h5-10,22-24,27-30,32,48H,11-13H2,1-4H3,(H,36,37,38,45). The second kappa shape index (κ2) is 16.5. The number of carbonyl (C=O) groups is 3. The summed E-state index contributed by atoms with van der Waals surface area (Å²) in [6.45, 7) is 3.45. The molecule has 0 saturated carbocycles. The number of esters is 2. The lowest BCUT2D eigenvalue weighted by Crippen LogP contribution is -2.58. The minimum absolute atomic E-state index is 0.0464. The van der Waals surface area contributed by atoms with E-state index in [4.69, 9.17) is 23.7 Å². The number of ether oxygens (including phenoxy) is 5. The number of methoxy groups -OCH3 is 1. The number of hydrogen-bond donors (Lipinski definition) is 2. The van der Waals surface area contributed by atoms with Gasteiger partial charge in [-0.3, -0.25) is 14.4 Å². The van der Waals surface area contributed by atoms with Gasteiger partial charge in [0.1, 0.15) is 53.5 Å². The third-order valence-corrected chi connectivity index (χ3v) is 9.84. The van der Waals surface area contributed by atoms with Crippen LogP contribution in [0.2, 0.25) is 0 Å². The zero-order valence-electron chi connectivity index (χ0n) is 29.0. The molecule has 2 aliphatic rings. The average Bonchev–Trinajstić information content (AvgIpc) is 3.82. The SMILES string of the molecule is COC1C(SC2COCC(n3cc(-c4nccc(NC(C)=O)n4)nn3)C2O)OC(COC(C)=O)C(OC(C)=O)C1n1cc(-c2cc(F)c(F)c(F)c2)nn1. The van der Waals surface area contributed by atoms with Crippen LogP contribution in [0.4, 0.5) is 19.0 Å². The summed E-state index contributed by atoms with van der Waals surface area (Å²) >= 11 is 1.13. The molecule has 6 rings (SSSR count). The Hall–Kier alpha value is -5.03. The minimum atomic E-state index is -1.65. The monoisotopic (exact) mass is 777 g/mol. The van der Waals surface area contributed by atoms with E-state index < -0.39 is 76.6 Å². The number of benzene rings is 1. The second-order valence-corrected chi connectivity index (χ2v) is 13.6. The van der Waals surface area contributed by atoms with Gasteiger partial charge >= 0.3 is 11.9 Å². The number of hydrogen-bond acceptors (Lipinski definition) is 16. The van der Waals surface area contributed by atoms with Crippen molar-refractivity contribution >= 4 is 35.4 Å². The Balaban J connectivity index is 1.28. The molecule has 3 aromatic heterocycles. The first-order chi connectivity index (χ1) is 25.8. The maximum atomic E-state index is 14.1. The van der Waals surface area contributed by atoms with Crippen molar-refractivity contribution < 1.29 is 56.3 Å². The largest absolute Gasteiger partial charge is 0.463 e. The Morgan fingerprint density at radius 1 is 1.00 bits per heavy atom. The fourth-order valence-electron chi connectivity index (χ4n) is 6.03. The first-order valence-corrected chi connectivity index (χ1v) is 17.3. The van der Waals surface area contributed by atoms with Crippen LogP contribution in [0, 0.1) is 17.5 Å². The molecule has 0 bridgehead atoms. The van der Waals surface area contributed by atoms with E-state index >= 15 is 0 Å². The third-order valence-electron chi connectivity index (χ3n) is 8.43. The van der Waals surface area contributed by atoms with E-state index in [1.54, 1.807) is 0 Å². The molecule has 2 aliphatic heterocycles. The fourth-order valence-corrected chi connectivity index (χ4v) is 7.53. The molecular weight excluding hydrogens is 743 g/mol. The molecule has 2 N–H and O–H groups in total. The van der Waals surface area contributed by atoms with Gasteiger partial charge in [-0.05, 0) is 18.2 Å². The quantitative estimate of drug-likeness (QED) is 0.164. The zero-order chi connectivity index (χ0) is 38.7. The maximum absolute atomic E-state index is 14.1. The molecular formula is C32H34F3N9O9S.